The van der Waals surface area contributed by atoms with Crippen LogP contribution in [0.1, 0.15) is 24.0 Å². The molecule has 3 rings (SSSR count). The average molecular weight is 338 g/mol. The predicted octanol–water partition coefficient (Wildman–Crippen LogP) is 2.82. The first-order valence-corrected chi connectivity index (χ1v) is 8.38. The maximum Gasteiger partial charge on any atom is 0.243 e. The molecular weight excluding hydrogens is 316 g/mol. The van der Waals surface area contributed by atoms with Gasteiger partial charge >= 0.3 is 0 Å². The number of rotatable bonds is 5. The summed E-state index contributed by atoms with van der Waals surface area (Å²) >= 11 is 0. The highest BCUT2D eigenvalue weighted by Gasteiger charge is 2.36. The van der Waals surface area contributed by atoms with E-state index in [9.17, 15) is 9.59 Å². The molecule has 5 heteroatoms. The predicted molar refractivity (Wildman–Crippen MR) is 96.5 cm³/mol. The van der Waals surface area contributed by atoms with Crippen molar-refractivity contribution >= 4 is 17.5 Å². The number of hydrogen-bond donors (Lipinski definition) is 1. The number of benzene rings is 2. The Bertz CT molecular complexity index is 771. The first-order valence-electron chi connectivity index (χ1n) is 8.38. The van der Waals surface area contributed by atoms with Crippen LogP contribution in [0.15, 0.2) is 48.5 Å². The first-order chi connectivity index (χ1) is 12.1. The Morgan fingerprint density at radius 1 is 1.24 bits per heavy atom. The van der Waals surface area contributed by atoms with E-state index in [1.165, 1.54) is 0 Å². The minimum atomic E-state index is -0.467. The number of hydrogen-bond acceptors (Lipinski definition) is 3. The quantitative estimate of drug-likeness (QED) is 0.912. The Kier molecular flexibility index (Phi) is 5.03. The number of carbonyl (C=O) groups is 2. The van der Waals surface area contributed by atoms with Crippen LogP contribution in [0.3, 0.4) is 0 Å². The van der Waals surface area contributed by atoms with E-state index in [2.05, 4.69) is 5.32 Å². The fraction of sp³-hybridized carbons (Fsp3) is 0.300. The van der Waals surface area contributed by atoms with Gasteiger partial charge in [-0.15, -0.1) is 0 Å². The molecule has 1 aliphatic heterocycles. The summed E-state index contributed by atoms with van der Waals surface area (Å²) in [4.78, 5) is 26.5. The normalized spacial score (nSPS) is 16.8. The van der Waals surface area contributed by atoms with E-state index in [0.29, 0.717) is 19.4 Å². The van der Waals surface area contributed by atoms with Gasteiger partial charge < -0.3 is 10.1 Å². The maximum atomic E-state index is 12.6. The smallest absolute Gasteiger partial charge is 0.243 e. The summed E-state index contributed by atoms with van der Waals surface area (Å²) in [6, 6.07) is 14.8. The molecule has 1 fully saturated rings. The van der Waals surface area contributed by atoms with Gasteiger partial charge in [-0.1, -0.05) is 29.8 Å². The third-order valence-electron chi connectivity index (χ3n) is 4.41. The number of anilines is 1. The van der Waals surface area contributed by atoms with Crippen molar-refractivity contribution < 1.29 is 14.3 Å². The lowest BCUT2D eigenvalue weighted by molar-refractivity contribution is -0.124. The maximum absolute atomic E-state index is 12.6. The molecule has 0 bridgehead atoms. The van der Waals surface area contributed by atoms with Gasteiger partial charge in [0.05, 0.1) is 7.11 Å². The van der Waals surface area contributed by atoms with Gasteiger partial charge in [0.25, 0.3) is 0 Å². The van der Waals surface area contributed by atoms with Crippen LogP contribution in [-0.2, 0) is 16.1 Å². The zero-order valence-corrected chi connectivity index (χ0v) is 14.5. The largest absolute Gasteiger partial charge is 0.497 e. The van der Waals surface area contributed by atoms with E-state index in [4.69, 9.17) is 4.74 Å². The lowest BCUT2D eigenvalue weighted by Gasteiger charge is -2.24. The van der Waals surface area contributed by atoms with Gasteiger partial charge in [-0.25, -0.2) is 0 Å². The van der Waals surface area contributed by atoms with Gasteiger partial charge in [0.15, 0.2) is 0 Å². The van der Waals surface area contributed by atoms with Crippen LogP contribution in [0.4, 0.5) is 5.69 Å². The van der Waals surface area contributed by atoms with E-state index in [1.807, 2.05) is 43.3 Å². The third kappa shape index (κ3) is 3.82. The number of ether oxygens (including phenoxy) is 1. The van der Waals surface area contributed by atoms with E-state index >= 15 is 0 Å². The molecule has 0 saturated carbocycles. The van der Waals surface area contributed by atoms with Crippen LogP contribution in [0, 0.1) is 6.92 Å². The summed E-state index contributed by atoms with van der Waals surface area (Å²) in [5.74, 6) is 0.569. The van der Waals surface area contributed by atoms with E-state index < -0.39 is 6.04 Å². The van der Waals surface area contributed by atoms with Crippen molar-refractivity contribution in [2.45, 2.75) is 32.4 Å². The zero-order chi connectivity index (χ0) is 17.8. The molecule has 0 aromatic heterocycles. The molecule has 2 aromatic rings. The third-order valence-corrected chi connectivity index (χ3v) is 4.41. The first kappa shape index (κ1) is 17.0. The van der Waals surface area contributed by atoms with Crippen molar-refractivity contribution in [1.82, 2.24) is 5.32 Å². The van der Waals surface area contributed by atoms with Crippen LogP contribution in [-0.4, -0.2) is 25.0 Å². The molecule has 0 spiro atoms. The van der Waals surface area contributed by atoms with Gasteiger partial charge in [0.1, 0.15) is 11.8 Å². The van der Waals surface area contributed by atoms with Crippen molar-refractivity contribution in [3.8, 4) is 5.75 Å². The van der Waals surface area contributed by atoms with Gasteiger partial charge in [0, 0.05) is 18.7 Å². The Labute approximate surface area is 147 Å². The molecular formula is C20H22N2O3. The lowest BCUT2D eigenvalue weighted by Crippen LogP contribution is -2.44. The number of carbonyl (C=O) groups excluding carboxylic acids is 2. The fourth-order valence-electron chi connectivity index (χ4n) is 3.13. The zero-order valence-electron chi connectivity index (χ0n) is 14.5. The highest BCUT2D eigenvalue weighted by molar-refractivity contribution is 6.03. The molecule has 1 heterocycles. The average Bonchev–Trinajstić information content (AvgIpc) is 3.01. The van der Waals surface area contributed by atoms with Crippen molar-refractivity contribution in [3.63, 3.8) is 0 Å². The van der Waals surface area contributed by atoms with Crippen molar-refractivity contribution in [2.24, 2.45) is 0 Å². The SMILES string of the molecule is COc1ccc(N2C(=O)CCC2C(=O)NCc2cccc(C)c2)cc1. The molecule has 130 valence electrons. The van der Waals surface area contributed by atoms with Crippen LogP contribution in [0.25, 0.3) is 0 Å². The summed E-state index contributed by atoms with van der Waals surface area (Å²) in [7, 11) is 1.59. The minimum absolute atomic E-state index is 0.0270. The Hall–Kier alpha value is -2.82. The van der Waals surface area contributed by atoms with Gasteiger partial charge in [0.2, 0.25) is 11.8 Å². The van der Waals surface area contributed by atoms with Crippen LogP contribution in [0.5, 0.6) is 5.75 Å². The molecule has 2 aromatic carbocycles. The molecule has 0 radical (unpaired) electrons. The summed E-state index contributed by atoms with van der Waals surface area (Å²) in [5, 5.41) is 2.95. The molecule has 5 nitrogen and oxygen atoms in total. The van der Waals surface area contributed by atoms with Gasteiger partial charge in [-0.05, 0) is 43.2 Å². The number of nitrogens with one attached hydrogen (secondary N) is 1. The Morgan fingerprint density at radius 2 is 2.00 bits per heavy atom. The fourth-order valence-corrected chi connectivity index (χ4v) is 3.13. The monoisotopic (exact) mass is 338 g/mol. The number of methoxy groups -OCH3 is 1. The molecule has 1 aliphatic rings. The summed E-state index contributed by atoms with van der Waals surface area (Å²) in [6.07, 6.45) is 0.916. The second-order valence-corrected chi connectivity index (χ2v) is 6.22. The van der Waals surface area contributed by atoms with Crippen molar-refractivity contribution in [2.75, 3.05) is 12.0 Å². The molecule has 1 atom stereocenters. The lowest BCUT2D eigenvalue weighted by atomic mass is 10.1. The molecule has 1 saturated heterocycles. The van der Waals surface area contributed by atoms with Crippen molar-refractivity contribution in [1.29, 1.82) is 0 Å². The number of aryl methyl sites for hydroxylation is 1. The Morgan fingerprint density at radius 3 is 2.68 bits per heavy atom. The number of amides is 2. The van der Waals surface area contributed by atoms with E-state index in [-0.39, 0.29) is 11.8 Å². The second kappa shape index (κ2) is 7.38. The molecule has 1 N–H and O–H groups in total. The van der Waals surface area contributed by atoms with Gasteiger partial charge in [-0.2, -0.15) is 0 Å². The van der Waals surface area contributed by atoms with Crippen LogP contribution in [0.2, 0.25) is 0 Å². The minimum Gasteiger partial charge on any atom is -0.497 e. The van der Waals surface area contributed by atoms with E-state index in [1.54, 1.807) is 24.1 Å². The number of nitrogens with zero attached hydrogens (tertiary/aromatic N) is 1. The van der Waals surface area contributed by atoms with Crippen LogP contribution < -0.4 is 15.0 Å². The topological polar surface area (TPSA) is 58.6 Å². The summed E-state index contributed by atoms with van der Waals surface area (Å²) < 4.78 is 5.15. The van der Waals surface area contributed by atoms with Gasteiger partial charge in [-0.3, -0.25) is 14.5 Å². The standard InChI is InChI=1S/C20H22N2O3/c1-14-4-3-5-15(12-14)13-21-20(24)18-10-11-19(23)22(18)16-6-8-17(25-2)9-7-16/h3-9,12,18H,10-11,13H2,1-2H3,(H,21,24). The second-order valence-electron chi connectivity index (χ2n) is 6.22. The van der Waals surface area contributed by atoms with Crippen LogP contribution >= 0.6 is 0 Å². The summed E-state index contributed by atoms with van der Waals surface area (Å²) in [6.45, 7) is 2.48. The highest BCUT2D eigenvalue weighted by atomic mass is 16.5. The summed E-state index contributed by atoms with van der Waals surface area (Å²) in [5.41, 5.74) is 2.93. The molecule has 2 amide bonds. The molecule has 25 heavy (non-hydrogen) atoms. The molecule has 0 aliphatic carbocycles. The van der Waals surface area contributed by atoms with E-state index in [0.717, 1.165) is 22.6 Å². The Balaban J connectivity index is 1.70. The van der Waals surface area contributed by atoms with Crippen molar-refractivity contribution in [3.05, 3.63) is 59.7 Å². The highest BCUT2D eigenvalue weighted by Crippen LogP contribution is 2.28. The molecule has 1 unspecified atom stereocenters.